The summed E-state index contributed by atoms with van der Waals surface area (Å²) in [5.41, 5.74) is 5.44. The molecule has 2 heteroatoms. The molecule has 19 heavy (non-hydrogen) atoms. The predicted octanol–water partition coefficient (Wildman–Crippen LogP) is 3.33. The van der Waals surface area contributed by atoms with Gasteiger partial charge in [-0.05, 0) is 28.7 Å². The number of fused-ring (bicyclic) bond motifs is 3. The van der Waals surface area contributed by atoms with Gasteiger partial charge < -0.3 is 5.32 Å². The average Bonchev–Trinajstić information content (AvgIpc) is 2.74. The molecular formula is C17H17NO. The number of hydrogen-bond acceptors (Lipinski definition) is 1. The van der Waals surface area contributed by atoms with Crippen LogP contribution in [0, 0.1) is 0 Å². The molecule has 2 aromatic carbocycles. The average molecular weight is 251 g/mol. The lowest BCUT2D eigenvalue weighted by atomic mass is 9.94. The minimum atomic E-state index is 0.0413. The van der Waals surface area contributed by atoms with E-state index in [1.807, 2.05) is 0 Å². The van der Waals surface area contributed by atoms with Crippen LogP contribution in [0.2, 0.25) is 0 Å². The molecule has 3 rings (SSSR count). The molecule has 0 atom stereocenters. The Hall–Kier alpha value is -2.09. The maximum Gasteiger partial charge on any atom is 0.216 e. The van der Waals surface area contributed by atoms with Gasteiger partial charge in [0.25, 0.3) is 0 Å². The van der Waals surface area contributed by atoms with E-state index in [0.29, 0.717) is 5.92 Å². The first-order valence-electron chi connectivity index (χ1n) is 6.70. The lowest BCUT2D eigenvalue weighted by molar-refractivity contribution is -0.118. The normalized spacial score (nSPS) is 12.9. The van der Waals surface area contributed by atoms with Crippen molar-refractivity contribution in [2.24, 2.45) is 0 Å². The number of nitrogens with one attached hydrogen (secondary N) is 1. The van der Waals surface area contributed by atoms with Crippen molar-refractivity contribution in [3.8, 4) is 11.1 Å². The summed E-state index contributed by atoms with van der Waals surface area (Å²) in [5, 5.41) is 2.90. The van der Waals surface area contributed by atoms with Gasteiger partial charge in [0.05, 0.1) is 0 Å². The summed E-state index contributed by atoms with van der Waals surface area (Å²) in [6, 6.07) is 17.1. The van der Waals surface area contributed by atoms with E-state index < -0.39 is 0 Å². The fourth-order valence-electron chi connectivity index (χ4n) is 2.96. The highest BCUT2D eigenvalue weighted by Crippen LogP contribution is 2.45. The number of carbonyl (C=O) groups is 1. The molecule has 96 valence electrons. The fraction of sp³-hybridized carbons (Fsp3) is 0.235. The van der Waals surface area contributed by atoms with Gasteiger partial charge in [0.1, 0.15) is 0 Å². The number of carbonyl (C=O) groups excluding carboxylic acids is 1. The van der Waals surface area contributed by atoms with E-state index in [9.17, 15) is 4.79 Å². The Morgan fingerprint density at radius 1 is 1.00 bits per heavy atom. The summed E-state index contributed by atoms with van der Waals surface area (Å²) in [5.74, 6) is 0.443. The molecule has 0 aromatic heterocycles. The second kappa shape index (κ2) is 4.88. The maximum atomic E-state index is 11.0. The number of benzene rings is 2. The second-order valence-electron chi connectivity index (χ2n) is 5.00. The van der Waals surface area contributed by atoms with Crippen molar-refractivity contribution in [1.82, 2.24) is 5.32 Å². The highest BCUT2D eigenvalue weighted by Gasteiger charge is 2.27. The number of amides is 1. The summed E-state index contributed by atoms with van der Waals surface area (Å²) >= 11 is 0. The van der Waals surface area contributed by atoms with E-state index in [4.69, 9.17) is 0 Å². The zero-order chi connectivity index (χ0) is 13.2. The maximum absolute atomic E-state index is 11.0. The predicted molar refractivity (Wildman–Crippen MR) is 77.0 cm³/mol. The van der Waals surface area contributed by atoms with Crippen LogP contribution < -0.4 is 5.32 Å². The Morgan fingerprint density at radius 3 is 2.05 bits per heavy atom. The van der Waals surface area contributed by atoms with Crippen molar-refractivity contribution in [1.29, 1.82) is 0 Å². The van der Waals surface area contributed by atoms with E-state index >= 15 is 0 Å². The van der Waals surface area contributed by atoms with Crippen molar-refractivity contribution in [3.05, 3.63) is 59.7 Å². The molecule has 2 nitrogen and oxygen atoms in total. The third kappa shape index (κ3) is 2.14. The standard InChI is InChI=1S/C17H17NO/c1-12(19)18-11-10-17-15-8-4-2-6-13(15)14-7-3-5-9-16(14)17/h2-9,17H,10-11H2,1H3,(H,18,19). The number of hydrogen-bond donors (Lipinski definition) is 1. The van der Waals surface area contributed by atoms with Crippen LogP contribution in [0.3, 0.4) is 0 Å². The third-order valence-corrected chi connectivity index (χ3v) is 3.77. The Morgan fingerprint density at radius 2 is 1.53 bits per heavy atom. The first kappa shape index (κ1) is 12.0. The van der Waals surface area contributed by atoms with Crippen molar-refractivity contribution >= 4 is 5.91 Å². The molecule has 2 aromatic rings. The Balaban J connectivity index is 1.93. The van der Waals surface area contributed by atoms with E-state index in [1.165, 1.54) is 22.3 Å². The van der Waals surface area contributed by atoms with Gasteiger partial charge in [-0.15, -0.1) is 0 Å². The molecule has 1 amide bonds. The lowest BCUT2D eigenvalue weighted by Gasteiger charge is -2.13. The lowest BCUT2D eigenvalue weighted by Crippen LogP contribution is -2.22. The molecule has 0 bridgehead atoms. The van der Waals surface area contributed by atoms with E-state index in [-0.39, 0.29) is 5.91 Å². The Kier molecular flexibility index (Phi) is 3.08. The topological polar surface area (TPSA) is 29.1 Å². The minimum absolute atomic E-state index is 0.0413. The van der Waals surface area contributed by atoms with Gasteiger partial charge in [-0.2, -0.15) is 0 Å². The van der Waals surface area contributed by atoms with E-state index in [2.05, 4.69) is 53.8 Å². The quantitative estimate of drug-likeness (QED) is 0.890. The van der Waals surface area contributed by atoms with Gasteiger partial charge in [-0.1, -0.05) is 48.5 Å². The largest absolute Gasteiger partial charge is 0.356 e. The van der Waals surface area contributed by atoms with E-state index in [1.54, 1.807) is 6.92 Å². The molecule has 0 unspecified atom stereocenters. The van der Waals surface area contributed by atoms with Crippen molar-refractivity contribution < 1.29 is 4.79 Å². The van der Waals surface area contributed by atoms with Gasteiger partial charge in [0, 0.05) is 19.4 Å². The van der Waals surface area contributed by atoms with Crippen LogP contribution >= 0.6 is 0 Å². The molecule has 0 aliphatic heterocycles. The van der Waals surface area contributed by atoms with Crippen LogP contribution in [0.15, 0.2) is 48.5 Å². The zero-order valence-electron chi connectivity index (χ0n) is 11.0. The molecule has 0 spiro atoms. The molecule has 0 saturated heterocycles. The van der Waals surface area contributed by atoms with Crippen molar-refractivity contribution in [3.63, 3.8) is 0 Å². The summed E-state index contributed by atoms with van der Waals surface area (Å²) in [4.78, 5) is 11.0. The SMILES string of the molecule is CC(=O)NCCC1c2ccccc2-c2ccccc21. The van der Waals surface area contributed by atoms with Crippen LogP contribution in [0.4, 0.5) is 0 Å². The highest BCUT2D eigenvalue weighted by molar-refractivity contribution is 5.78. The van der Waals surface area contributed by atoms with E-state index in [0.717, 1.165) is 13.0 Å². The first-order chi connectivity index (χ1) is 9.27. The summed E-state index contributed by atoms with van der Waals surface area (Å²) in [6.07, 6.45) is 0.952. The van der Waals surface area contributed by atoms with Crippen LogP contribution in [-0.4, -0.2) is 12.5 Å². The minimum Gasteiger partial charge on any atom is -0.356 e. The molecule has 1 N–H and O–H groups in total. The molecule has 1 aliphatic carbocycles. The van der Waals surface area contributed by atoms with Gasteiger partial charge in [0.2, 0.25) is 5.91 Å². The second-order valence-corrected chi connectivity index (χ2v) is 5.00. The van der Waals surface area contributed by atoms with Crippen LogP contribution in [-0.2, 0) is 4.79 Å². The van der Waals surface area contributed by atoms with Crippen LogP contribution in [0.1, 0.15) is 30.4 Å². The summed E-state index contributed by atoms with van der Waals surface area (Å²) in [6.45, 7) is 2.29. The van der Waals surface area contributed by atoms with Gasteiger partial charge in [-0.3, -0.25) is 4.79 Å². The molecule has 0 radical (unpaired) electrons. The Labute approximate surface area is 113 Å². The third-order valence-electron chi connectivity index (χ3n) is 3.77. The molecule has 0 heterocycles. The van der Waals surface area contributed by atoms with Crippen molar-refractivity contribution in [2.45, 2.75) is 19.3 Å². The summed E-state index contributed by atoms with van der Waals surface area (Å²) in [7, 11) is 0. The van der Waals surface area contributed by atoms with Gasteiger partial charge in [0.15, 0.2) is 0 Å². The van der Waals surface area contributed by atoms with Crippen LogP contribution in [0.5, 0.6) is 0 Å². The number of rotatable bonds is 3. The molecule has 1 aliphatic rings. The van der Waals surface area contributed by atoms with Crippen LogP contribution in [0.25, 0.3) is 11.1 Å². The first-order valence-corrected chi connectivity index (χ1v) is 6.70. The molecular weight excluding hydrogens is 234 g/mol. The summed E-state index contributed by atoms with van der Waals surface area (Å²) < 4.78 is 0. The molecule has 0 fully saturated rings. The monoisotopic (exact) mass is 251 g/mol. The van der Waals surface area contributed by atoms with Gasteiger partial charge in [-0.25, -0.2) is 0 Å². The Bertz CT molecular complexity index is 573. The van der Waals surface area contributed by atoms with Gasteiger partial charge >= 0.3 is 0 Å². The smallest absolute Gasteiger partial charge is 0.216 e. The zero-order valence-corrected chi connectivity index (χ0v) is 11.0. The van der Waals surface area contributed by atoms with Crippen molar-refractivity contribution in [2.75, 3.05) is 6.54 Å². The molecule has 0 saturated carbocycles. The highest BCUT2D eigenvalue weighted by atomic mass is 16.1. The fourth-order valence-corrected chi connectivity index (χ4v) is 2.96.